The number of carboxylic acids is 1. The third-order valence-corrected chi connectivity index (χ3v) is 3.97. The van der Waals surface area contributed by atoms with Gasteiger partial charge in [-0.2, -0.15) is 0 Å². The number of aryl methyl sites for hydroxylation is 1. The van der Waals surface area contributed by atoms with Gasteiger partial charge in [-0.3, -0.25) is 10.1 Å². The maximum atomic E-state index is 11.4. The van der Waals surface area contributed by atoms with Crippen molar-refractivity contribution >= 4 is 11.7 Å². The molecule has 0 heterocycles. The molecule has 0 fully saturated rings. The van der Waals surface area contributed by atoms with Crippen molar-refractivity contribution in [3.63, 3.8) is 0 Å². The Bertz CT molecular complexity index is 623. The first-order valence-corrected chi connectivity index (χ1v) is 7.80. The molecule has 1 aliphatic carbocycles. The summed E-state index contributed by atoms with van der Waals surface area (Å²) in [5.74, 6) is -1.10. The van der Waals surface area contributed by atoms with E-state index in [0.29, 0.717) is 12.8 Å². The van der Waals surface area contributed by atoms with Crippen LogP contribution in [-0.2, 0) is 4.79 Å². The molecule has 1 atom stereocenters. The Labute approximate surface area is 134 Å². The minimum Gasteiger partial charge on any atom is -0.479 e. The van der Waals surface area contributed by atoms with Gasteiger partial charge in [0, 0.05) is 6.07 Å². The number of hydrogen-bond acceptors (Lipinski definition) is 4. The fourth-order valence-electron chi connectivity index (χ4n) is 2.70. The van der Waals surface area contributed by atoms with Gasteiger partial charge in [-0.25, -0.2) is 4.79 Å². The lowest BCUT2D eigenvalue weighted by Gasteiger charge is -2.17. The summed E-state index contributed by atoms with van der Waals surface area (Å²) in [7, 11) is 0. The van der Waals surface area contributed by atoms with Crippen LogP contribution in [0, 0.1) is 17.0 Å². The SMILES string of the molecule is Cc1ccc(OC(CCC2=CCCCC2)C(=O)O)c([N+](=O)[O-])c1. The second-order valence-corrected chi connectivity index (χ2v) is 5.82. The van der Waals surface area contributed by atoms with Crippen molar-refractivity contribution in [2.24, 2.45) is 0 Å². The number of ether oxygens (including phenoxy) is 1. The summed E-state index contributed by atoms with van der Waals surface area (Å²) in [6.07, 6.45) is 6.39. The van der Waals surface area contributed by atoms with Gasteiger partial charge in [-0.1, -0.05) is 17.7 Å². The topological polar surface area (TPSA) is 89.7 Å². The van der Waals surface area contributed by atoms with E-state index in [1.807, 2.05) is 0 Å². The quantitative estimate of drug-likeness (QED) is 0.466. The van der Waals surface area contributed by atoms with Crippen molar-refractivity contribution in [2.75, 3.05) is 0 Å². The van der Waals surface area contributed by atoms with Crippen molar-refractivity contribution in [1.29, 1.82) is 0 Å². The van der Waals surface area contributed by atoms with Crippen molar-refractivity contribution in [3.05, 3.63) is 45.5 Å². The van der Waals surface area contributed by atoms with Crippen LogP contribution in [0.15, 0.2) is 29.8 Å². The van der Waals surface area contributed by atoms with Crippen LogP contribution in [0.25, 0.3) is 0 Å². The molecule has 0 radical (unpaired) electrons. The second-order valence-electron chi connectivity index (χ2n) is 5.82. The molecule has 0 amide bonds. The number of allylic oxidation sites excluding steroid dienone is 2. The van der Waals surface area contributed by atoms with Gasteiger partial charge in [0.05, 0.1) is 4.92 Å². The summed E-state index contributed by atoms with van der Waals surface area (Å²) in [4.78, 5) is 22.0. The molecule has 0 aromatic heterocycles. The molecule has 0 spiro atoms. The number of nitro benzene ring substituents is 1. The van der Waals surface area contributed by atoms with Crippen molar-refractivity contribution in [1.82, 2.24) is 0 Å². The number of aliphatic carboxylic acids is 1. The van der Waals surface area contributed by atoms with Gasteiger partial charge in [-0.05, 0) is 57.1 Å². The van der Waals surface area contributed by atoms with Gasteiger partial charge >= 0.3 is 11.7 Å². The first-order valence-electron chi connectivity index (χ1n) is 7.80. The molecule has 0 saturated heterocycles. The van der Waals surface area contributed by atoms with Gasteiger partial charge in [0.15, 0.2) is 11.9 Å². The second kappa shape index (κ2) is 7.76. The molecular weight excluding hydrogens is 298 g/mol. The van der Waals surface area contributed by atoms with E-state index in [1.54, 1.807) is 13.0 Å². The van der Waals surface area contributed by atoms with E-state index in [9.17, 15) is 20.0 Å². The molecule has 1 aromatic rings. The van der Waals surface area contributed by atoms with Crippen LogP contribution < -0.4 is 4.74 Å². The molecule has 1 unspecified atom stereocenters. The van der Waals surface area contributed by atoms with Gasteiger partial charge in [0.2, 0.25) is 0 Å². The normalized spacial score (nSPS) is 15.6. The number of nitro groups is 1. The van der Waals surface area contributed by atoms with Crippen LogP contribution in [0.5, 0.6) is 5.75 Å². The maximum Gasteiger partial charge on any atom is 0.344 e. The highest BCUT2D eigenvalue weighted by atomic mass is 16.6. The molecule has 124 valence electrons. The van der Waals surface area contributed by atoms with Crippen LogP contribution >= 0.6 is 0 Å². The third-order valence-electron chi connectivity index (χ3n) is 3.97. The molecule has 1 aromatic carbocycles. The lowest BCUT2D eigenvalue weighted by Crippen LogP contribution is -2.27. The van der Waals surface area contributed by atoms with E-state index < -0.39 is 17.0 Å². The van der Waals surface area contributed by atoms with E-state index in [4.69, 9.17) is 4.74 Å². The van der Waals surface area contributed by atoms with E-state index >= 15 is 0 Å². The minimum atomic E-state index is -1.10. The monoisotopic (exact) mass is 319 g/mol. The Kier molecular flexibility index (Phi) is 5.73. The zero-order valence-electron chi connectivity index (χ0n) is 13.2. The summed E-state index contributed by atoms with van der Waals surface area (Å²) in [5.41, 5.74) is 1.78. The third kappa shape index (κ3) is 4.81. The number of carboxylic acid groups (broad SMARTS) is 1. The lowest BCUT2D eigenvalue weighted by molar-refractivity contribution is -0.386. The standard InChI is InChI=1S/C17H21NO5/c1-12-7-9-15(14(11-12)18(21)22)23-16(17(19)20)10-8-13-5-3-2-4-6-13/h5,7,9,11,16H,2-4,6,8,10H2,1H3,(H,19,20). The minimum absolute atomic E-state index is 0.00521. The number of hydrogen-bond donors (Lipinski definition) is 1. The maximum absolute atomic E-state index is 11.4. The van der Waals surface area contributed by atoms with Crippen LogP contribution in [-0.4, -0.2) is 22.1 Å². The van der Waals surface area contributed by atoms with E-state index in [-0.39, 0.29) is 11.4 Å². The van der Waals surface area contributed by atoms with Gasteiger partial charge in [0.1, 0.15) is 0 Å². The Balaban J connectivity index is 2.09. The predicted molar refractivity (Wildman–Crippen MR) is 85.7 cm³/mol. The summed E-state index contributed by atoms with van der Waals surface area (Å²) < 4.78 is 5.45. The molecule has 1 aliphatic rings. The number of carbonyl (C=O) groups is 1. The van der Waals surface area contributed by atoms with Gasteiger partial charge in [0.25, 0.3) is 0 Å². The zero-order valence-corrected chi connectivity index (χ0v) is 13.2. The first kappa shape index (κ1) is 17.0. The van der Waals surface area contributed by atoms with Gasteiger partial charge in [-0.15, -0.1) is 0 Å². The summed E-state index contributed by atoms with van der Waals surface area (Å²) >= 11 is 0. The van der Waals surface area contributed by atoms with E-state index in [2.05, 4.69) is 6.08 Å². The first-order chi connectivity index (χ1) is 11.0. The van der Waals surface area contributed by atoms with Gasteiger partial charge < -0.3 is 9.84 Å². The zero-order chi connectivity index (χ0) is 16.8. The number of nitrogens with zero attached hydrogens (tertiary/aromatic N) is 1. The molecular formula is C17H21NO5. The summed E-state index contributed by atoms with van der Waals surface area (Å²) in [6, 6.07) is 4.52. The Morgan fingerprint density at radius 1 is 1.43 bits per heavy atom. The van der Waals surface area contributed by atoms with Crippen LogP contribution in [0.3, 0.4) is 0 Å². The van der Waals surface area contributed by atoms with Crippen molar-refractivity contribution < 1.29 is 19.6 Å². The number of rotatable bonds is 7. The molecule has 6 nitrogen and oxygen atoms in total. The van der Waals surface area contributed by atoms with Crippen LogP contribution in [0.2, 0.25) is 0 Å². The average molecular weight is 319 g/mol. The molecule has 0 bridgehead atoms. The molecule has 0 aliphatic heterocycles. The lowest BCUT2D eigenvalue weighted by atomic mass is 9.95. The highest BCUT2D eigenvalue weighted by Crippen LogP contribution is 2.30. The van der Waals surface area contributed by atoms with E-state index in [1.165, 1.54) is 24.1 Å². The van der Waals surface area contributed by atoms with Crippen LogP contribution in [0.1, 0.15) is 44.1 Å². The van der Waals surface area contributed by atoms with Crippen molar-refractivity contribution in [3.8, 4) is 5.75 Å². The fraction of sp³-hybridized carbons (Fsp3) is 0.471. The Morgan fingerprint density at radius 2 is 2.22 bits per heavy atom. The predicted octanol–water partition coefficient (Wildman–Crippen LogP) is 4.02. The molecule has 2 rings (SSSR count). The van der Waals surface area contributed by atoms with Crippen molar-refractivity contribution in [2.45, 2.75) is 51.6 Å². The highest BCUT2D eigenvalue weighted by molar-refractivity contribution is 5.73. The molecule has 23 heavy (non-hydrogen) atoms. The van der Waals surface area contributed by atoms with Crippen LogP contribution in [0.4, 0.5) is 5.69 Å². The summed E-state index contributed by atoms with van der Waals surface area (Å²) in [6.45, 7) is 1.74. The molecule has 1 N–H and O–H groups in total. The van der Waals surface area contributed by atoms with E-state index in [0.717, 1.165) is 24.8 Å². The smallest absolute Gasteiger partial charge is 0.344 e. The Hall–Kier alpha value is -2.37. The average Bonchev–Trinajstić information content (AvgIpc) is 2.53. The number of benzene rings is 1. The summed E-state index contributed by atoms with van der Waals surface area (Å²) in [5, 5.41) is 20.4. The molecule has 6 heteroatoms. The Morgan fingerprint density at radius 3 is 2.83 bits per heavy atom. The molecule has 0 saturated carbocycles. The fourth-order valence-corrected chi connectivity index (χ4v) is 2.70. The highest BCUT2D eigenvalue weighted by Gasteiger charge is 2.24. The largest absolute Gasteiger partial charge is 0.479 e.